The van der Waals surface area contributed by atoms with Gasteiger partial charge in [0, 0.05) is 17.8 Å². The first-order chi connectivity index (χ1) is 9.63. The fourth-order valence-corrected chi connectivity index (χ4v) is 1.20. The Morgan fingerprint density at radius 2 is 2.15 bits per heavy atom. The van der Waals surface area contributed by atoms with E-state index in [4.69, 9.17) is 32.7 Å². The molecular formula is C13H14Cl2N2O3. The van der Waals surface area contributed by atoms with E-state index in [-0.39, 0.29) is 12.5 Å². The number of hydrogen-bond donors (Lipinski definition) is 2. The lowest BCUT2D eigenvalue weighted by molar-refractivity contribution is -0.109. The van der Waals surface area contributed by atoms with E-state index in [1.165, 1.54) is 0 Å². The van der Waals surface area contributed by atoms with Crippen molar-refractivity contribution >= 4 is 41.4 Å². The number of nitrogens with one attached hydrogen (secondary N) is 2. The van der Waals surface area contributed by atoms with Gasteiger partial charge in [0.15, 0.2) is 6.61 Å². The highest BCUT2D eigenvalue weighted by Crippen LogP contribution is 2.14. The number of rotatable bonds is 3. The average molecular weight is 317 g/mol. The van der Waals surface area contributed by atoms with Crippen molar-refractivity contribution in [1.82, 2.24) is 5.32 Å². The number of anilines is 1. The number of carbonyl (C=O) groups excluding carboxylic acids is 2. The Morgan fingerprint density at radius 1 is 1.45 bits per heavy atom. The van der Waals surface area contributed by atoms with Crippen molar-refractivity contribution in [1.29, 1.82) is 0 Å². The summed E-state index contributed by atoms with van der Waals surface area (Å²) < 4.78 is 4.76. The van der Waals surface area contributed by atoms with Crippen LogP contribution in [-0.4, -0.2) is 32.0 Å². The molecule has 1 rings (SSSR count). The van der Waals surface area contributed by atoms with E-state index in [0.29, 0.717) is 17.1 Å². The lowest BCUT2D eigenvalue weighted by Gasteiger charge is -2.04. The summed E-state index contributed by atoms with van der Waals surface area (Å²) in [6.45, 7) is 0.0130. The third-order valence-corrected chi connectivity index (χ3v) is 2.02. The molecule has 7 heteroatoms. The zero-order valence-corrected chi connectivity index (χ0v) is 12.3. The highest BCUT2D eigenvalue weighted by Gasteiger charge is 2.01. The summed E-state index contributed by atoms with van der Waals surface area (Å²) in [7, 11) is 1.56. The van der Waals surface area contributed by atoms with Crippen LogP contribution in [0.4, 0.5) is 10.5 Å². The molecular weight excluding hydrogens is 303 g/mol. The predicted molar refractivity (Wildman–Crippen MR) is 80.0 cm³/mol. The minimum atomic E-state index is -0.578. The van der Waals surface area contributed by atoms with Crippen LogP contribution in [0.25, 0.3) is 0 Å². The first-order valence-corrected chi connectivity index (χ1v) is 6.37. The molecule has 2 amide bonds. The molecule has 0 radical (unpaired) electrons. The zero-order chi connectivity index (χ0) is 15.2. The van der Waals surface area contributed by atoms with E-state index in [2.05, 4.69) is 22.5 Å². The largest absolute Gasteiger partial charge is 0.436 e. The molecule has 0 saturated carbocycles. The van der Waals surface area contributed by atoms with Gasteiger partial charge in [-0.3, -0.25) is 10.1 Å². The van der Waals surface area contributed by atoms with Crippen LogP contribution in [0.2, 0.25) is 5.02 Å². The number of alkyl halides is 1. The van der Waals surface area contributed by atoms with Gasteiger partial charge in [-0.1, -0.05) is 29.5 Å². The van der Waals surface area contributed by atoms with E-state index in [9.17, 15) is 4.79 Å². The number of carbonyl (C=O) groups is 2. The fourth-order valence-electron chi connectivity index (χ4n) is 0.920. The molecule has 20 heavy (non-hydrogen) atoms. The Morgan fingerprint density at radius 3 is 2.70 bits per heavy atom. The Balaban J connectivity index is 0.000000796. The van der Waals surface area contributed by atoms with Crippen LogP contribution in [0.5, 0.6) is 0 Å². The summed E-state index contributed by atoms with van der Waals surface area (Å²) in [5.74, 6) is 5.36. The summed E-state index contributed by atoms with van der Waals surface area (Å²) in [4.78, 5) is 20.3. The monoisotopic (exact) mass is 316 g/mol. The van der Waals surface area contributed by atoms with Gasteiger partial charge in [0.25, 0.3) is 0 Å². The van der Waals surface area contributed by atoms with Crippen LogP contribution in [0.3, 0.4) is 0 Å². The summed E-state index contributed by atoms with van der Waals surface area (Å²) in [6, 6.07) is 6.76. The van der Waals surface area contributed by atoms with E-state index >= 15 is 0 Å². The van der Waals surface area contributed by atoms with Crippen LogP contribution in [0.15, 0.2) is 24.3 Å². The minimum Gasteiger partial charge on any atom is -0.436 e. The molecule has 0 aliphatic heterocycles. The lowest BCUT2D eigenvalue weighted by Crippen LogP contribution is -2.13. The molecule has 0 atom stereocenters. The van der Waals surface area contributed by atoms with Crippen LogP contribution >= 0.6 is 23.2 Å². The highest BCUT2D eigenvalue weighted by atomic mass is 35.5. The third kappa shape index (κ3) is 10.1. The van der Waals surface area contributed by atoms with Crippen LogP contribution < -0.4 is 10.6 Å². The summed E-state index contributed by atoms with van der Waals surface area (Å²) in [5.41, 5.74) is 0.572. The molecule has 0 heterocycles. The molecule has 1 aromatic carbocycles. The average Bonchev–Trinajstić information content (AvgIpc) is 2.44. The Labute approximate surface area is 127 Å². The second-order valence-electron chi connectivity index (χ2n) is 3.11. The van der Waals surface area contributed by atoms with Gasteiger partial charge in [0.1, 0.15) is 0 Å². The number of halogens is 2. The standard InChI is InChI=1S/C11H9Cl2NO2.C2H5NO/c12-6-1-2-7-16-11(15)14-10-5-3-4-9(13)8-10;1-3-2-4/h3-5,8H,6-7H2,(H,14,15);2H,1H3,(H,3,4). The predicted octanol–water partition coefficient (Wildman–Crippen LogP) is 2.49. The van der Waals surface area contributed by atoms with E-state index in [1.54, 1.807) is 31.3 Å². The number of benzene rings is 1. The SMILES string of the molecule is CNC=O.O=C(Nc1cccc(Cl)c1)OCC#CCCl. The second kappa shape index (κ2) is 12.2. The van der Waals surface area contributed by atoms with Gasteiger partial charge in [-0.05, 0) is 18.2 Å². The Hall–Kier alpha value is -1.90. The van der Waals surface area contributed by atoms with Gasteiger partial charge >= 0.3 is 6.09 Å². The van der Waals surface area contributed by atoms with E-state index in [1.807, 2.05) is 0 Å². The Kier molecular flexibility index (Phi) is 11.0. The van der Waals surface area contributed by atoms with Crippen LogP contribution in [0, 0.1) is 11.8 Å². The second-order valence-corrected chi connectivity index (χ2v) is 3.81. The zero-order valence-electron chi connectivity index (χ0n) is 10.8. The van der Waals surface area contributed by atoms with Crippen molar-refractivity contribution in [3.63, 3.8) is 0 Å². The van der Waals surface area contributed by atoms with Crippen molar-refractivity contribution in [2.45, 2.75) is 0 Å². The maximum Gasteiger partial charge on any atom is 0.412 e. The lowest BCUT2D eigenvalue weighted by atomic mass is 10.3. The molecule has 0 spiro atoms. The van der Waals surface area contributed by atoms with Crippen LogP contribution in [0.1, 0.15) is 0 Å². The van der Waals surface area contributed by atoms with Crippen molar-refractivity contribution in [2.75, 3.05) is 24.9 Å². The van der Waals surface area contributed by atoms with Crippen LogP contribution in [-0.2, 0) is 9.53 Å². The topological polar surface area (TPSA) is 67.4 Å². The molecule has 0 bridgehead atoms. The first-order valence-electron chi connectivity index (χ1n) is 5.46. The first kappa shape index (κ1) is 18.1. The van der Waals surface area contributed by atoms with Crippen molar-refractivity contribution in [3.05, 3.63) is 29.3 Å². The number of amides is 2. The molecule has 0 saturated heterocycles. The molecule has 0 fully saturated rings. The summed E-state index contributed by atoms with van der Waals surface area (Å²) in [5, 5.41) is 5.30. The molecule has 0 aliphatic carbocycles. The maximum atomic E-state index is 11.2. The van der Waals surface area contributed by atoms with Crippen molar-refractivity contribution in [3.8, 4) is 11.8 Å². The Bertz CT molecular complexity index is 484. The van der Waals surface area contributed by atoms with Crippen molar-refractivity contribution < 1.29 is 14.3 Å². The molecule has 5 nitrogen and oxygen atoms in total. The highest BCUT2D eigenvalue weighted by molar-refractivity contribution is 6.30. The third-order valence-electron chi connectivity index (χ3n) is 1.66. The van der Waals surface area contributed by atoms with Gasteiger partial charge in [-0.2, -0.15) is 0 Å². The van der Waals surface area contributed by atoms with E-state index in [0.717, 1.165) is 0 Å². The molecule has 0 unspecified atom stereocenters. The van der Waals surface area contributed by atoms with Gasteiger partial charge in [-0.15, -0.1) is 11.6 Å². The molecule has 0 aliphatic rings. The smallest absolute Gasteiger partial charge is 0.412 e. The fraction of sp³-hybridized carbons (Fsp3) is 0.231. The molecule has 0 aromatic heterocycles. The summed E-state index contributed by atoms with van der Waals surface area (Å²) >= 11 is 11.1. The molecule has 108 valence electrons. The normalized spacial score (nSPS) is 8.15. The quantitative estimate of drug-likeness (QED) is 0.511. The van der Waals surface area contributed by atoms with Crippen molar-refractivity contribution in [2.24, 2.45) is 0 Å². The maximum absolute atomic E-state index is 11.2. The van der Waals surface area contributed by atoms with Gasteiger partial charge < -0.3 is 10.1 Å². The number of hydrogen-bond acceptors (Lipinski definition) is 3. The van der Waals surface area contributed by atoms with Gasteiger partial charge in [-0.25, -0.2) is 4.79 Å². The van der Waals surface area contributed by atoms with E-state index < -0.39 is 6.09 Å². The molecule has 1 aromatic rings. The van der Waals surface area contributed by atoms with Gasteiger partial charge in [0.2, 0.25) is 6.41 Å². The molecule has 2 N–H and O–H groups in total. The summed E-state index contributed by atoms with van der Waals surface area (Å²) in [6.07, 6.45) is 0.0474. The minimum absolute atomic E-state index is 0.0130. The number of ether oxygens (including phenoxy) is 1. The van der Waals surface area contributed by atoms with Gasteiger partial charge in [0.05, 0.1) is 5.88 Å².